The van der Waals surface area contributed by atoms with Gasteiger partial charge in [0.25, 0.3) is 0 Å². The zero-order chi connectivity index (χ0) is 20.2. The first-order chi connectivity index (χ1) is 12.5. The average molecular weight is 413 g/mol. The lowest BCUT2D eigenvalue weighted by Crippen LogP contribution is -2.46. The number of carbonyl (C=O) groups excluding carboxylic acids is 1. The third-order valence-electron chi connectivity index (χ3n) is 6.10. The molecule has 1 aromatic rings. The zero-order valence-corrected chi connectivity index (χ0v) is 19.5. The Kier molecular flexibility index (Phi) is 7.64. The van der Waals surface area contributed by atoms with Gasteiger partial charge in [-0.3, -0.25) is 0 Å². The van der Waals surface area contributed by atoms with E-state index in [1.165, 1.54) is 50.6 Å². The third kappa shape index (κ3) is 5.86. The highest BCUT2D eigenvalue weighted by Crippen LogP contribution is 2.42. The van der Waals surface area contributed by atoms with E-state index in [9.17, 15) is 4.79 Å². The van der Waals surface area contributed by atoms with Crippen LogP contribution in [-0.4, -0.2) is 32.4 Å². The smallest absolute Gasteiger partial charge is 0.349 e. The van der Waals surface area contributed by atoms with E-state index in [2.05, 4.69) is 38.8 Å². The van der Waals surface area contributed by atoms with Crippen LogP contribution >= 0.6 is 11.3 Å². The summed E-state index contributed by atoms with van der Waals surface area (Å²) in [5.74, 6) is 0.310. The average Bonchev–Trinajstić information content (AvgIpc) is 3.08. The predicted molar refractivity (Wildman–Crippen MR) is 114 cm³/mol. The highest BCUT2D eigenvalue weighted by Gasteiger charge is 2.42. The maximum absolute atomic E-state index is 11.9. The number of nitrogens with two attached hydrogens (primary N) is 1. The van der Waals surface area contributed by atoms with E-state index < -0.39 is 8.32 Å². The van der Waals surface area contributed by atoms with Gasteiger partial charge in [0.2, 0.25) is 0 Å². The van der Waals surface area contributed by atoms with Crippen LogP contribution in [0.15, 0.2) is 6.20 Å². The van der Waals surface area contributed by atoms with Gasteiger partial charge in [0.15, 0.2) is 8.32 Å². The molecule has 1 aromatic heterocycles. The van der Waals surface area contributed by atoms with Crippen LogP contribution < -0.4 is 5.73 Å². The minimum absolute atomic E-state index is 0.0816. The van der Waals surface area contributed by atoms with Crippen molar-refractivity contribution >= 4 is 25.6 Å². The molecule has 1 aliphatic carbocycles. The zero-order valence-electron chi connectivity index (χ0n) is 17.7. The van der Waals surface area contributed by atoms with Crippen molar-refractivity contribution in [3.05, 3.63) is 16.1 Å². The summed E-state index contributed by atoms with van der Waals surface area (Å²) in [6.45, 7) is 11.2. The summed E-state index contributed by atoms with van der Waals surface area (Å²) in [7, 11) is -0.646. The van der Waals surface area contributed by atoms with Gasteiger partial charge in [-0.1, -0.05) is 52.9 Å². The molecular weight excluding hydrogens is 376 g/mol. The molecule has 5 nitrogen and oxygen atoms in total. The monoisotopic (exact) mass is 412 g/mol. The van der Waals surface area contributed by atoms with Crippen LogP contribution in [0.2, 0.25) is 18.1 Å². The number of nitrogens with zero attached hydrogens (tertiary/aromatic N) is 1. The summed E-state index contributed by atoms with van der Waals surface area (Å²) in [6, 6.07) is -0.112. The Morgan fingerprint density at radius 2 is 1.96 bits per heavy atom. The fourth-order valence-corrected chi connectivity index (χ4v) is 5.66. The van der Waals surface area contributed by atoms with Crippen LogP contribution in [0, 0.1) is 5.92 Å². The number of carbonyl (C=O) groups is 1. The standard InChI is InChI=1S/C20H36N2O3SSi/c1-20(2,3)27(5,6)25-17(15(21)12-14-10-8-7-9-11-14)18-22-13-16(26-18)19(23)24-4/h13-15,17H,7-12,21H2,1-6H3/t15-,17+/m0/s1. The molecule has 1 fully saturated rings. The SMILES string of the molecule is COC(=O)c1cnc([C@H](O[Si](C)(C)C(C)(C)C)[C@@H](N)CC2CCCCC2)s1. The molecule has 154 valence electrons. The Morgan fingerprint density at radius 1 is 1.33 bits per heavy atom. The van der Waals surface area contributed by atoms with Gasteiger partial charge in [0.05, 0.1) is 13.3 Å². The van der Waals surface area contributed by atoms with Crippen molar-refractivity contribution in [2.75, 3.05) is 7.11 Å². The van der Waals surface area contributed by atoms with Crippen LogP contribution in [-0.2, 0) is 9.16 Å². The van der Waals surface area contributed by atoms with Gasteiger partial charge >= 0.3 is 5.97 Å². The fourth-order valence-electron chi connectivity index (χ4n) is 3.36. The molecule has 2 atom stereocenters. The minimum atomic E-state index is -2.04. The molecule has 1 heterocycles. The number of hydrogen-bond acceptors (Lipinski definition) is 6. The Balaban J connectivity index is 2.24. The first-order valence-corrected chi connectivity index (χ1v) is 13.7. The van der Waals surface area contributed by atoms with E-state index in [-0.39, 0.29) is 23.2 Å². The Morgan fingerprint density at radius 3 is 2.52 bits per heavy atom. The highest BCUT2D eigenvalue weighted by atomic mass is 32.1. The third-order valence-corrected chi connectivity index (χ3v) is 11.6. The van der Waals surface area contributed by atoms with Gasteiger partial charge in [-0.25, -0.2) is 9.78 Å². The molecule has 1 aliphatic rings. The van der Waals surface area contributed by atoms with Gasteiger partial charge in [0, 0.05) is 6.04 Å². The lowest BCUT2D eigenvalue weighted by atomic mass is 9.84. The van der Waals surface area contributed by atoms with Crippen molar-refractivity contribution in [1.29, 1.82) is 0 Å². The van der Waals surface area contributed by atoms with Gasteiger partial charge < -0.3 is 14.9 Å². The van der Waals surface area contributed by atoms with Crippen LogP contribution in [0.4, 0.5) is 0 Å². The summed E-state index contributed by atoms with van der Waals surface area (Å²) < 4.78 is 11.6. The molecule has 0 radical (unpaired) electrons. The summed E-state index contributed by atoms with van der Waals surface area (Å²) in [4.78, 5) is 16.9. The van der Waals surface area contributed by atoms with Crippen molar-refractivity contribution in [2.24, 2.45) is 11.7 Å². The van der Waals surface area contributed by atoms with Gasteiger partial charge in [0.1, 0.15) is 16.0 Å². The molecule has 0 aromatic carbocycles. The molecular formula is C20H36N2O3SSi. The van der Waals surface area contributed by atoms with Gasteiger partial charge in [-0.15, -0.1) is 11.3 Å². The van der Waals surface area contributed by atoms with E-state index in [1.54, 1.807) is 6.20 Å². The number of hydrogen-bond donors (Lipinski definition) is 1. The van der Waals surface area contributed by atoms with E-state index in [1.807, 2.05) is 0 Å². The second-order valence-corrected chi connectivity index (χ2v) is 15.1. The summed E-state index contributed by atoms with van der Waals surface area (Å²) in [5, 5.41) is 0.877. The van der Waals surface area contributed by atoms with Crippen LogP contribution in [0.3, 0.4) is 0 Å². The molecule has 0 saturated heterocycles. The largest absolute Gasteiger partial charge is 0.465 e. The van der Waals surface area contributed by atoms with Crippen molar-refractivity contribution in [1.82, 2.24) is 4.98 Å². The first-order valence-electron chi connectivity index (χ1n) is 10.0. The van der Waals surface area contributed by atoms with Crippen molar-refractivity contribution in [3.8, 4) is 0 Å². The number of rotatable bonds is 7. The molecule has 27 heavy (non-hydrogen) atoms. The molecule has 0 amide bonds. The predicted octanol–water partition coefficient (Wildman–Crippen LogP) is 5.29. The van der Waals surface area contributed by atoms with Crippen LogP contribution in [0.5, 0.6) is 0 Å². The number of aromatic nitrogens is 1. The number of ether oxygens (including phenoxy) is 1. The first kappa shape index (κ1) is 22.5. The van der Waals surface area contributed by atoms with E-state index in [4.69, 9.17) is 14.9 Å². The maximum atomic E-state index is 11.9. The molecule has 0 unspecified atom stereocenters. The molecule has 0 aliphatic heterocycles. The van der Waals surface area contributed by atoms with E-state index >= 15 is 0 Å². The van der Waals surface area contributed by atoms with E-state index in [0.717, 1.165) is 11.4 Å². The number of methoxy groups -OCH3 is 1. The van der Waals surface area contributed by atoms with E-state index in [0.29, 0.717) is 10.8 Å². The maximum Gasteiger partial charge on any atom is 0.349 e. The Bertz CT molecular complexity index is 621. The lowest BCUT2D eigenvalue weighted by molar-refractivity contribution is 0.0606. The second-order valence-electron chi connectivity index (χ2n) is 9.26. The topological polar surface area (TPSA) is 74.4 Å². The van der Waals surface area contributed by atoms with Crippen molar-refractivity contribution in [2.45, 2.75) is 89.6 Å². The summed E-state index contributed by atoms with van der Waals surface area (Å²) >= 11 is 1.35. The van der Waals surface area contributed by atoms with Gasteiger partial charge in [-0.2, -0.15) is 0 Å². The Labute approximate surface area is 169 Å². The molecule has 2 rings (SSSR count). The summed E-state index contributed by atoms with van der Waals surface area (Å²) in [5.41, 5.74) is 6.70. The Hall–Kier alpha value is -0.763. The van der Waals surface area contributed by atoms with Gasteiger partial charge in [-0.05, 0) is 30.5 Å². The number of thiazole rings is 1. The molecule has 2 N–H and O–H groups in total. The molecule has 0 spiro atoms. The van der Waals surface area contributed by atoms with Crippen LogP contribution in [0.25, 0.3) is 0 Å². The normalized spacial score (nSPS) is 18.9. The molecule has 7 heteroatoms. The highest BCUT2D eigenvalue weighted by molar-refractivity contribution is 7.13. The quantitative estimate of drug-likeness (QED) is 0.486. The van der Waals surface area contributed by atoms with Crippen molar-refractivity contribution in [3.63, 3.8) is 0 Å². The molecule has 0 bridgehead atoms. The summed E-state index contributed by atoms with van der Waals surface area (Å²) in [6.07, 6.45) is 8.72. The van der Waals surface area contributed by atoms with Crippen LogP contribution in [0.1, 0.15) is 80.1 Å². The lowest BCUT2D eigenvalue weighted by Gasteiger charge is -2.40. The van der Waals surface area contributed by atoms with Crippen molar-refractivity contribution < 1.29 is 14.0 Å². The molecule has 1 saturated carbocycles. The minimum Gasteiger partial charge on any atom is -0.465 e. The fraction of sp³-hybridized carbons (Fsp3) is 0.800. The number of esters is 1. The second kappa shape index (κ2) is 9.16.